The van der Waals surface area contributed by atoms with Gasteiger partial charge in [-0.05, 0) is 68.1 Å². The molecule has 0 spiro atoms. The van der Waals surface area contributed by atoms with E-state index in [0.29, 0.717) is 5.95 Å². The highest BCUT2D eigenvalue weighted by atomic mass is 15.1. The lowest BCUT2D eigenvalue weighted by Crippen LogP contribution is -2.32. The number of rotatable bonds is 5. The average Bonchev–Trinajstić information content (AvgIpc) is 2.71. The SMILES string of the molecule is Cc1ccc(Nc2ccnc(Nc3ccc(N4CCC(C)CC4)cc3)n2)cc1. The van der Waals surface area contributed by atoms with E-state index < -0.39 is 0 Å². The highest BCUT2D eigenvalue weighted by molar-refractivity contribution is 5.62. The summed E-state index contributed by atoms with van der Waals surface area (Å²) in [5.41, 5.74) is 4.52. The van der Waals surface area contributed by atoms with Crippen molar-refractivity contribution in [3.63, 3.8) is 0 Å². The zero-order valence-electron chi connectivity index (χ0n) is 16.5. The highest BCUT2D eigenvalue weighted by Gasteiger charge is 2.15. The number of aryl methyl sites for hydroxylation is 1. The zero-order chi connectivity index (χ0) is 19.3. The minimum atomic E-state index is 0.580. The first-order valence-electron chi connectivity index (χ1n) is 9.94. The standard InChI is InChI=1S/C23H27N5/c1-17-3-5-19(6-4-17)25-22-11-14-24-23(27-22)26-20-7-9-21(10-8-20)28-15-12-18(2)13-16-28/h3-11,14,18H,12-13,15-16H2,1-2H3,(H2,24,25,26,27). The molecule has 1 fully saturated rings. The van der Waals surface area contributed by atoms with Crippen molar-refractivity contribution in [1.29, 1.82) is 0 Å². The van der Waals surface area contributed by atoms with Crippen molar-refractivity contribution in [2.75, 3.05) is 28.6 Å². The van der Waals surface area contributed by atoms with Gasteiger partial charge in [0.25, 0.3) is 0 Å². The predicted octanol–water partition coefficient (Wildman–Crippen LogP) is 5.51. The molecule has 5 heteroatoms. The van der Waals surface area contributed by atoms with Crippen molar-refractivity contribution >= 4 is 28.8 Å². The summed E-state index contributed by atoms with van der Waals surface area (Å²) in [5, 5.41) is 6.61. The fraction of sp³-hybridized carbons (Fsp3) is 0.304. The Morgan fingerprint density at radius 1 is 0.857 bits per heavy atom. The summed E-state index contributed by atoms with van der Waals surface area (Å²) < 4.78 is 0. The molecule has 0 radical (unpaired) electrons. The van der Waals surface area contributed by atoms with Crippen LogP contribution in [-0.2, 0) is 0 Å². The number of nitrogens with one attached hydrogen (secondary N) is 2. The van der Waals surface area contributed by atoms with Crippen LogP contribution in [0.5, 0.6) is 0 Å². The van der Waals surface area contributed by atoms with Crippen molar-refractivity contribution in [3.05, 3.63) is 66.4 Å². The van der Waals surface area contributed by atoms with Crippen molar-refractivity contribution in [2.45, 2.75) is 26.7 Å². The van der Waals surface area contributed by atoms with Gasteiger partial charge in [0.2, 0.25) is 5.95 Å². The van der Waals surface area contributed by atoms with Crippen molar-refractivity contribution in [2.24, 2.45) is 5.92 Å². The number of anilines is 5. The van der Waals surface area contributed by atoms with Gasteiger partial charge in [-0.3, -0.25) is 0 Å². The Morgan fingerprint density at radius 2 is 1.50 bits per heavy atom. The Bertz CT molecular complexity index is 897. The van der Waals surface area contributed by atoms with Crippen LogP contribution in [0.3, 0.4) is 0 Å². The van der Waals surface area contributed by atoms with Crippen LogP contribution in [0.2, 0.25) is 0 Å². The molecule has 1 aliphatic heterocycles. The molecule has 5 nitrogen and oxygen atoms in total. The lowest BCUT2D eigenvalue weighted by molar-refractivity contribution is 0.438. The van der Waals surface area contributed by atoms with Crippen LogP contribution < -0.4 is 15.5 Å². The highest BCUT2D eigenvalue weighted by Crippen LogP contribution is 2.25. The Kier molecular flexibility index (Phi) is 5.42. The van der Waals surface area contributed by atoms with Crippen LogP contribution >= 0.6 is 0 Å². The largest absolute Gasteiger partial charge is 0.372 e. The van der Waals surface area contributed by atoms with Crippen LogP contribution in [0.1, 0.15) is 25.3 Å². The van der Waals surface area contributed by atoms with E-state index in [0.717, 1.165) is 36.2 Å². The minimum Gasteiger partial charge on any atom is -0.372 e. The molecule has 0 aliphatic carbocycles. The summed E-state index contributed by atoms with van der Waals surface area (Å²) in [7, 11) is 0. The molecular formula is C23H27N5. The number of piperidine rings is 1. The van der Waals surface area contributed by atoms with Crippen LogP contribution in [0.25, 0.3) is 0 Å². The average molecular weight is 374 g/mol. The molecule has 1 aromatic heterocycles. The maximum atomic E-state index is 4.56. The summed E-state index contributed by atoms with van der Waals surface area (Å²) in [6, 6.07) is 18.6. The van der Waals surface area contributed by atoms with Gasteiger partial charge >= 0.3 is 0 Å². The molecular weight excluding hydrogens is 346 g/mol. The van der Waals surface area contributed by atoms with E-state index in [9.17, 15) is 0 Å². The molecule has 144 valence electrons. The van der Waals surface area contributed by atoms with Crippen LogP contribution in [0.4, 0.5) is 28.8 Å². The van der Waals surface area contributed by atoms with Crippen molar-refractivity contribution in [1.82, 2.24) is 9.97 Å². The van der Waals surface area contributed by atoms with Gasteiger partial charge in [-0.15, -0.1) is 0 Å². The van der Waals surface area contributed by atoms with Crippen LogP contribution in [0, 0.1) is 12.8 Å². The van der Waals surface area contributed by atoms with E-state index in [1.165, 1.54) is 24.1 Å². The molecule has 0 atom stereocenters. The Balaban J connectivity index is 1.40. The number of benzene rings is 2. The first-order valence-corrected chi connectivity index (χ1v) is 9.94. The molecule has 0 saturated carbocycles. The van der Waals surface area contributed by atoms with Gasteiger partial charge in [0.1, 0.15) is 5.82 Å². The maximum Gasteiger partial charge on any atom is 0.229 e. The topological polar surface area (TPSA) is 53.1 Å². The Morgan fingerprint density at radius 3 is 2.21 bits per heavy atom. The summed E-state index contributed by atoms with van der Waals surface area (Å²) in [6.45, 7) is 6.70. The smallest absolute Gasteiger partial charge is 0.229 e. The van der Waals surface area contributed by atoms with Crippen molar-refractivity contribution < 1.29 is 0 Å². The fourth-order valence-electron chi connectivity index (χ4n) is 3.42. The first-order chi connectivity index (χ1) is 13.7. The quantitative estimate of drug-likeness (QED) is 0.618. The molecule has 1 saturated heterocycles. The van der Waals surface area contributed by atoms with E-state index in [-0.39, 0.29) is 0 Å². The molecule has 28 heavy (non-hydrogen) atoms. The molecule has 2 N–H and O–H groups in total. The lowest BCUT2D eigenvalue weighted by Gasteiger charge is -2.32. The van der Waals surface area contributed by atoms with E-state index in [2.05, 4.69) is 75.7 Å². The second kappa shape index (κ2) is 8.30. The van der Waals surface area contributed by atoms with E-state index in [1.807, 2.05) is 18.2 Å². The normalized spacial score (nSPS) is 14.7. The predicted molar refractivity (Wildman–Crippen MR) is 117 cm³/mol. The third-order valence-electron chi connectivity index (χ3n) is 5.25. The van der Waals surface area contributed by atoms with Gasteiger partial charge in [0, 0.05) is 36.3 Å². The van der Waals surface area contributed by atoms with Gasteiger partial charge in [-0.25, -0.2) is 4.98 Å². The van der Waals surface area contributed by atoms with Gasteiger partial charge in [-0.2, -0.15) is 4.98 Å². The van der Waals surface area contributed by atoms with Crippen LogP contribution in [0.15, 0.2) is 60.8 Å². The van der Waals surface area contributed by atoms with Gasteiger partial charge < -0.3 is 15.5 Å². The summed E-state index contributed by atoms with van der Waals surface area (Å²) >= 11 is 0. The second-order valence-electron chi connectivity index (χ2n) is 7.60. The van der Waals surface area contributed by atoms with Gasteiger partial charge in [-0.1, -0.05) is 24.6 Å². The van der Waals surface area contributed by atoms with Gasteiger partial charge in [0.15, 0.2) is 0 Å². The zero-order valence-corrected chi connectivity index (χ0v) is 16.5. The van der Waals surface area contributed by atoms with Crippen molar-refractivity contribution in [3.8, 4) is 0 Å². The molecule has 3 aromatic rings. The minimum absolute atomic E-state index is 0.580. The van der Waals surface area contributed by atoms with Gasteiger partial charge in [0.05, 0.1) is 0 Å². The van der Waals surface area contributed by atoms with E-state index in [4.69, 9.17) is 0 Å². The Hall–Kier alpha value is -3.08. The third-order valence-corrected chi connectivity index (χ3v) is 5.25. The molecule has 0 bridgehead atoms. The molecule has 2 heterocycles. The number of aromatic nitrogens is 2. The molecule has 0 amide bonds. The number of hydrogen-bond donors (Lipinski definition) is 2. The third kappa shape index (κ3) is 4.60. The Labute approximate surface area is 166 Å². The first kappa shape index (κ1) is 18.3. The summed E-state index contributed by atoms with van der Waals surface area (Å²) in [6.07, 6.45) is 4.30. The maximum absolute atomic E-state index is 4.56. The molecule has 2 aromatic carbocycles. The fourth-order valence-corrected chi connectivity index (χ4v) is 3.42. The number of nitrogens with zero attached hydrogens (tertiary/aromatic N) is 3. The summed E-state index contributed by atoms with van der Waals surface area (Å²) in [5.74, 6) is 2.19. The van der Waals surface area contributed by atoms with Crippen LogP contribution in [-0.4, -0.2) is 23.1 Å². The number of hydrogen-bond acceptors (Lipinski definition) is 5. The van der Waals surface area contributed by atoms with E-state index in [1.54, 1.807) is 6.20 Å². The van der Waals surface area contributed by atoms with E-state index >= 15 is 0 Å². The molecule has 0 unspecified atom stereocenters. The second-order valence-corrected chi connectivity index (χ2v) is 7.60. The molecule has 4 rings (SSSR count). The monoisotopic (exact) mass is 373 g/mol. The lowest BCUT2D eigenvalue weighted by atomic mass is 9.99. The summed E-state index contributed by atoms with van der Waals surface area (Å²) in [4.78, 5) is 11.4. The molecule has 1 aliphatic rings.